The zero-order valence-electron chi connectivity index (χ0n) is 10.8. The summed E-state index contributed by atoms with van der Waals surface area (Å²) in [5.41, 5.74) is 1.31. The summed E-state index contributed by atoms with van der Waals surface area (Å²) in [6.07, 6.45) is 8.51. The second-order valence-electron chi connectivity index (χ2n) is 4.52. The van der Waals surface area contributed by atoms with Crippen LogP contribution in [0, 0.1) is 0 Å². The lowest BCUT2D eigenvalue weighted by Crippen LogP contribution is -2.27. The molecular formula is C15H20N2S. The van der Waals surface area contributed by atoms with E-state index < -0.39 is 0 Å². The first kappa shape index (κ1) is 13.2. The van der Waals surface area contributed by atoms with Crippen molar-refractivity contribution in [2.75, 3.05) is 7.05 Å². The lowest BCUT2D eigenvalue weighted by atomic mass is 10.0. The Morgan fingerprint density at radius 1 is 1.33 bits per heavy atom. The topological polar surface area (TPSA) is 24.9 Å². The number of rotatable bonds is 7. The number of hydrogen-bond donors (Lipinski definition) is 1. The average Bonchev–Trinajstić information content (AvgIpc) is 2.92. The third kappa shape index (κ3) is 4.24. The first-order valence-electron chi connectivity index (χ1n) is 6.47. The molecule has 2 heterocycles. The van der Waals surface area contributed by atoms with Gasteiger partial charge >= 0.3 is 0 Å². The highest BCUT2D eigenvalue weighted by Crippen LogP contribution is 2.14. The van der Waals surface area contributed by atoms with Crippen LogP contribution in [0.1, 0.15) is 23.3 Å². The highest BCUT2D eigenvalue weighted by atomic mass is 32.1. The normalized spacial score (nSPS) is 12.5. The van der Waals surface area contributed by atoms with E-state index >= 15 is 0 Å². The fourth-order valence-corrected chi connectivity index (χ4v) is 2.88. The fraction of sp³-hybridized carbons (Fsp3) is 0.400. The summed E-state index contributed by atoms with van der Waals surface area (Å²) in [6, 6.07) is 9.06. The van der Waals surface area contributed by atoms with Crippen LogP contribution >= 0.6 is 11.3 Å². The van der Waals surface area contributed by atoms with Gasteiger partial charge in [0.1, 0.15) is 0 Å². The standard InChI is InChI=1S/C15H20N2S/c1-16-14(11-13-5-3-9-17-12-13)6-2-7-15-8-4-10-18-15/h3-5,8-10,12,14,16H,2,6-7,11H2,1H3. The molecule has 1 N–H and O–H groups in total. The van der Waals surface area contributed by atoms with Crippen molar-refractivity contribution in [1.29, 1.82) is 0 Å². The maximum absolute atomic E-state index is 4.17. The number of aromatic nitrogens is 1. The molecule has 3 heteroatoms. The minimum atomic E-state index is 0.550. The predicted molar refractivity (Wildman–Crippen MR) is 78.0 cm³/mol. The second-order valence-corrected chi connectivity index (χ2v) is 5.55. The smallest absolute Gasteiger partial charge is 0.0300 e. The minimum Gasteiger partial charge on any atom is -0.317 e. The van der Waals surface area contributed by atoms with E-state index in [9.17, 15) is 0 Å². The molecule has 2 aromatic rings. The molecule has 2 nitrogen and oxygen atoms in total. The second kappa shape index (κ2) is 7.29. The Bertz CT molecular complexity index is 425. The molecule has 0 radical (unpaired) electrons. The van der Waals surface area contributed by atoms with Gasteiger partial charge in [-0.3, -0.25) is 4.98 Å². The quantitative estimate of drug-likeness (QED) is 0.826. The Morgan fingerprint density at radius 3 is 2.94 bits per heavy atom. The van der Waals surface area contributed by atoms with Crippen LogP contribution in [0.3, 0.4) is 0 Å². The molecule has 1 unspecified atom stereocenters. The van der Waals surface area contributed by atoms with E-state index in [-0.39, 0.29) is 0 Å². The lowest BCUT2D eigenvalue weighted by molar-refractivity contribution is 0.502. The van der Waals surface area contributed by atoms with Gasteiger partial charge < -0.3 is 5.32 Å². The molecule has 0 amide bonds. The van der Waals surface area contributed by atoms with Crippen LogP contribution in [0.25, 0.3) is 0 Å². The predicted octanol–water partition coefficient (Wildman–Crippen LogP) is 3.30. The molecule has 1 atom stereocenters. The van der Waals surface area contributed by atoms with Crippen molar-refractivity contribution in [2.45, 2.75) is 31.7 Å². The van der Waals surface area contributed by atoms with E-state index in [0.29, 0.717) is 6.04 Å². The zero-order chi connectivity index (χ0) is 12.6. The molecule has 0 saturated carbocycles. The summed E-state index contributed by atoms with van der Waals surface area (Å²) in [5, 5.41) is 5.56. The van der Waals surface area contributed by atoms with Gasteiger partial charge in [-0.05, 0) is 55.8 Å². The maximum atomic E-state index is 4.17. The number of aryl methyl sites for hydroxylation is 1. The zero-order valence-corrected chi connectivity index (χ0v) is 11.6. The van der Waals surface area contributed by atoms with E-state index in [4.69, 9.17) is 0 Å². The third-order valence-corrected chi connectivity index (χ3v) is 4.11. The number of hydrogen-bond acceptors (Lipinski definition) is 3. The number of pyridine rings is 1. The molecule has 0 aliphatic carbocycles. The summed E-state index contributed by atoms with van der Waals surface area (Å²) in [7, 11) is 2.05. The third-order valence-electron chi connectivity index (χ3n) is 3.17. The fourth-order valence-electron chi connectivity index (χ4n) is 2.13. The van der Waals surface area contributed by atoms with Crippen LogP contribution < -0.4 is 5.32 Å². The van der Waals surface area contributed by atoms with E-state index in [1.54, 1.807) is 0 Å². The Balaban J connectivity index is 1.75. The molecule has 0 fully saturated rings. The molecule has 0 saturated heterocycles. The molecule has 0 spiro atoms. The number of nitrogens with one attached hydrogen (secondary N) is 1. The van der Waals surface area contributed by atoms with Crippen molar-refractivity contribution in [3.63, 3.8) is 0 Å². The highest BCUT2D eigenvalue weighted by molar-refractivity contribution is 7.09. The molecule has 0 aromatic carbocycles. The molecule has 2 rings (SSSR count). The van der Waals surface area contributed by atoms with Gasteiger partial charge in [-0.25, -0.2) is 0 Å². The van der Waals surface area contributed by atoms with Gasteiger partial charge in [-0.15, -0.1) is 11.3 Å². The van der Waals surface area contributed by atoms with Crippen molar-refractivity contribution < 1.29 is 0 Å². The van der Waals surface area contributed by atoms with Crippen molar-refractivity contribution in [1.82, 2.24) is 10.3 Å². The van der Waals surface area contributed by atoms with E-state index in [2.05, 4.69) is 33.9 Å². The van der Waals surface area contributed by atoms with Crippen LogP contribution in [0.2, 0.25) is 0 Å². The maximum Gasteiger partial charge on any atom is 0.0300 e. The molecular weight excluding hydrogens is 240 g/mol. The van der Waals surface area contributed by atoms with Gasteiger partial charge in [0, 0.05) is 23.3 Å². The lowest BCUT2D eigenvalue weighted by Gasteiger charge is -2.15. The van der Waals surface area contributed by atoms with Crippen LogP contribution in [0.4, 0.5) is 0 Å². The van der Waals surface area contributed by atoms with Gasteiger partial charge in [0.15, 0.2) is 0 Å². The van der Waals surface area contributed by atoms with Crippen LogP contribution in [0.5, 0.6) is 0 Å². The van der Waals surface area contributed by atoms with Gasteiger partial charge in [-0.1, -0.05) is 12.1 Å². The first-order valence-corrected chi connectivity index (χ1v) is 7.35. The summed E-state index contributed by atoms with van der Waals surface area (Å²) in [5.74, 6) is 0. The molecule has 0 bridgehead atoms. The molecule has 96 valence electrons. The van der Waals surface area contributed by atoms with E-state index in [0.717, 1.165) is 6.42 Å². The number of nitrogens with zero attached hydrogens (tertiary/aromatic N) is 1. The van der Waals surface area contributed by atoms with Crippen LogP contribution in [0.15, 0.2) is 42.0 Å². The van der Waals surface area contributed by atoms with E-state index in [1.807, 2.05) is 36.8 Å². The summed E-state index contributed by atoms with van der Waals surface area (Å²) >= 11 is 1.86. The Hall–Kier alpha value is -1.19. The van der Waals surface area contributed by atoms with Gasteiger partial charge in [0.25, 0.3) is 0 Å². The molecule has 0 aliphatic rings. The number of thiophene rings is 1. The Labute approximate surface area is 113 Å². The van der Waals surface area contributed by atoms with Crippen molar-refractivity contribution in [2.24, 2.45) is 0 Å². The Morgan fingerprint density at radius 2 is 2.28 bits per heavy atom. The van der Waals surface area contributed by atoms with Gasteiger partial charge in [-0.2, -0.15) is 0 Å². The average molecular weight is 260 g/mol. The largest absolute Gasteiger partial charge is 0.317 e. The van der Waals surface area contributed by atoms with Crippen molar-refractivity contribution in [3.8, 4) is 0 Å². The monoisotopic (exact) mass is 260 g/mol. The molecule has 2 aromatic heterocycles. The van der Waals surface area contributed by atoms with Gasteiger partial charge in [0.05, 0.1) is 0 Å². The summed E-state index contributed by atoms with van der Waals surface area (Å²) in [4.78, 5) is 5.66. The molecule has 18 heavy (non-hydrogen) atoms. The SMILES string of the molecule is CNC(CCCc1cccs1)Cc1cccnc1. The summed E-state index contributed by atoms with van der Waals surface area (Å²) < 4.78 is 0. The highest BCUT2D eigenvalue weighted by Gasteiger charge is 2.07. The van der Waals surface area contributed by atoms with Crippen molar-refractivity contribution >= 4 is 11.3 Å². The van der Waals surface area contributed by atoms with Crippen LogP contribution in [-0.2, 0) is 12.8 Å². The van der Waals surface area contributed by atoms with Crippen LogP contribution in [-0.4, -0.2) is 18.1 Å². The summed E-state index contributed by atoms with van der Waals surface area (Å²) in [6.45, 7) is 0. The Kier molecular flexibility index (Phi) is 5.36. The van der Waals surface area contributed by atoms with Gasteiger partial charge in [0.2, 0.25) is 0 Å². The number of likely N-dealkylation sites (N-methyl/N-ethyl adjacent to an activating group) is 1. The first-order chi connectivity index (χ1) is 8.88. The minimum absolute atomic E-state index is 0.550. The van der Waals surface area contributed by atoms with Crippen molar-refractivity contribution in [3.05, 3.63) is 52.5 Å². The molecule has 0 aliphatic heterocycles. The van der Waals surface area contributed by atoms with E-state index in [1.165, 1.54) is 29.7 Å².